The van der Waals surface area contributed by atoms with Gasteiger partial charge < -0.3 is 0 Å². The first-order chi connectivity index (χ1) is 20.4. The van der Waals surface area contributed by atoms with Gasteiger partial charge >= 0.3 is 0 Å². The Bertz CT molecular complexity index is 1550. The van der Waals surface area contributed by atoms with Crippen molar-refractivity contribution in [3.8, 4) is 0 Å². The van der Waals surface area contributed by atoms with Crippen LogP contribution < -0.4 is 26.5 Å². The Morgan fingerprint density at radius 1 is 0.366 bits per heavy atom. The second-order valence-corrected chi connectivity index (χ2v) is 14.3. The van der Waals surface area contributed by atoms with Crippen molar-refractivity contribution >= 4 is 42.5 Å². The molecule has 0 heterocycles. The molecule has 0 fully saturated rings. The van der Waals surface area contributed by atoms with Crippen molar-refractivity contribution in [1.82, 2.24) is 4.67 Å². The summed E-state index contributed by atoms with van der Waals surface area (Å²) in [6.45, 7) is 1.73. The maximum atomic E-state index is 2.71. The van der Waals surface area contributed by atoms with Crippen molar-refractivity contribution in [3.63, 3.8) is 0 Å². The number of benzene rings is 6. The lowest BCUT2D eigenvalue weighted by Crippen LogP contribution is -2.31. The fourth-order valence-electron chi connectivity index (χ4n) is 5.25. The fraction of sp³-hybridized carbons (Fsp3) is 0.0526. The third-order valence-corrected chi connectivity index (χ3v) is 12.1. The number of nitrogens with zero attached hydrogens (tertiary/aromatic N) is 1. The number of hydrogen-bond acceptors (Lipinski definition) is 1. The molecule has 0 unspecified atom stereocenters. The van der Waals surface area contributed by atoms with Crippen molar-refractivity contribution < 1.29 is 0 Å². The minimum Gasteiger partial charge on any atom is -0.266 e. The van der Waals surface area contributed by atoms with Crippen LogP contribution in [-0.4, -0.2) is 4.67 Å². The van der Waals surface area contributed by atoms with Crippen LogP contribution in [-0.2, 0) is 13.1 Å². The molecule has 0 spiro atoms. The van der Waals surface area contributed by atoms with E-state index in [0.29, 0.717) is 0 Å². The van der Waals surface area contributed by atoms with Crippen LogP contribution >= 0.6 is 16.0 Å². The first kappa shape index (κ1) is 27.3. The second-order valence-electron chi connectivity index (χ2n) is 9.93. The first-order valence-electron chi connectivity index (χ1n) is 14.0. The molecule has 0 saturated heterocycles. The molecule has 6 rings (SSSR count). The van der Waals surface area contributed by atoms with Crippen LogP contribution in [0.3, 0.4) is 0 Å². The zero-order chi connectivity index (χ0) is 27.7. The summed E-state index contributed by atoms with van der Waals surface area (Å²) in [6.07, 6.45) is 0. The summed E-state index contributed by atoms with van der Waals surface area (Å²) >= 11 is 0. The highest BCUT2D eigenvalue weighted by Gasteiger charge is 2.26. The summed E-state index contributed by atoms with van der Waals surface area (Å²) in [7, 11) is -1.47. The van der Waals surface area contributed by atoms with Gasteiger partial charge in [0.05, 0.1) is 0 Å². The van der Waals surface area contributed by atoms with Gasteiger partial charge in [0.2, 0.25) is 0 Å². The Hall–Kier alpha value is -3.86. The summed E-state index contributed by atoms with van der Waals surface area (Å²) in [5.41, 5.74) is 2.72. The van der Waals surface area contributed by atoms with Gasteiger partial charge in [-0.25, -0.2) is 0 Å². The van der Waals surface area contributed by atoms with Gasteiger partial charge in [0.1, 0.15) is 0 Å². The number of rotatable bonds is 10. The zero-order valence-electron chi connectivity index (χ0n) is 23.0. The molecule has 1 nitrogen and oxygen atoms in total. The van der Waals surface area contributed by atoms with Crippen molar-refractivity contribution in [3.05, 3.63) is 187 Å². The summed E-state index contributed by atoms with van der Waals surface area (Å²) in [5.74, 6) is 0. The summed E-state index contributed by atoms with van der Waals surface area (Å²) < 4.78 is 2.71. The lowest BCUT2D eigenvalue weighted by atomic mass is 10.2. The second kappa shape index (κ2) is 13.7. The Balaban J connectivity index is 1.48. The topological polar surface area (TPSA) is 3.24 Å². The third kappa shape index (κ3) is 6.73. The van der Waals surface area contributed by atoms with Crippen LogP contribution in [0.15, 0.2) is 176 Å². The van der Waals surface area contributed by atoms with Gasteiger partial charge in [0, 0.05) is 21.2 Å². The Morgan fingerprint density at radius 3 is 1.24 bits per heavy atom. The van der Waals surface area contributed by atoms with Gasteiger partial charge in [-0.1, -0.05) is 176 Å². The van der Waals surface area contributed by atoms with Crippen LogP contribution in [0.1, 0.15) is 11.1 Å². The van der Waals surface area contributed by atoms with Gasteiger partial charge in [-0.3, -0.25) is 4.67 Å². The normalized spacial score (nSPS) is 11.3. The van der Waals surface area contributed by atoms with Crippen molar-refractivity contribution in [2.24, 2.45) is 0 Å². The molecule has 0 aromatic heterocycles. The van der Waals surface area contributed by atoms with Gasteiger partial charge in [-0.15, -0.1) is 0 Å². The molecular weight excluding hydrogens is 532 g/mol. The van der Waals surface area contributed by atoms with Crippen molar-refractivity contribution in [2.45, 2.75) is 13.1 Å². The fourth-order valence-corrected chi connectivity index (χ4v) is 10.2. The molecule has 6 aromatic carbocycles. The average Bonchev–Trinajstić information content (AvgIpc) is 3.05. The van der Waals surface area contributed by atoms with E-state index in [9.17, 15) is 0 Å². The molecule has 0 saturated carbocycles. The predicted molar refractivity (Wildman–Crippen MR) is 180 cm³/mol. The Labute approximate surface area is 246 Å². The molecule has 0 bridgehead atoms. The van der Waals surface area contributed by atoms with Crippen LogP contribution in [0.25, 0.3) is 0 Å². The number of hydrogen-bond donors (Lipinski definition) is 0. The standard InChI is InChI=1S/C38H33NP2/c1-6-18-32(19-7-1)30-39(41(36-25-12-4-13-26-36)37-27-14-5-15-28-37)31-33-20-16-17-29-38(33)40(34-21-8-2-9-22-34)35-23-10-3-11-24-35/h1-29H,30-31H2. The van der Waals surface area contributed by atoms with E-state index in [4.69, 9.17) is 0 Å². The van der Waals surface area contributed by atoms with Gasteiger partial charge in [-0.05, 0) is 45.6 Å². The van der Waals surface area contributed by atoms with Gasteiger partial charge in [0.15, 0.2) is 0 Å². The van der Waals surface area contributed by atoms with Crippen LogP contribution in [0.2, 0.25) is 0 Å². The molecule has 0 amide bonds. The van der Waals surface area contributed by atoms with Crippen LogP contribution in [0.4, 0.5) is 0 Å². The van der Waals surface area contributed by atoms with E-state index in [2.05, 4.69) is 181 Å². The Kier molecular flexibility index (Phi) is 9.11. The average molecular weight is 566 g/mol. The smallest absolute Gasteiger partial charge is 0.0288 e. The molecule has 0 N–H and O–H groups in total. The summed E-state index contributed by atoms with van der Waals surface area (Å²) in [4.78, 5) is 0. The third-order valence-electron chi connectivity index (χ3n) is 7.11. The predicted octanol–water partition coefficient (Wildman–Crippen LogP) is 7.49. The highest BCUT2D eigenvalue weighted by atomic mass is 31.1. The molecule has 0 aliphatic carbocycles. The van der Waals surface area contributed by atoms with E-state index in [-0.39, 0.29) is 0 Å². The highest BCUT2D eigenvalue weighted by molar-refractivity contribution is 7.80. The minimum absolute atomic E-state index is 0.704. The molecule has 41 heavy (non-hydrogen) atoms. The molecule has 0 radical (unpaired) electrons. The van der Waals surface area contributed by atoms with E-state index < -0.39 is 16.0 Å². The van der Waals surface area contributed by atoms with Crippen LogP contribution in [0.5, 0.6) is 0 Å². The lowest BCUT2D eigenvalue weighted by Gasteiger charge is -2.34. The largest absolute Gasteiger partial charge is 0.266 e. The molecule has 0 aliphatic heterocycles. The minimum atomic E-state index is -0.761. The first-order valence-corrected chi connectivity index (χ1v) is 16.7. The van der Waals surface area contributed by atoms with E-state index in [1.165, 1.54) is 37.6 Å². The summed E-state index contributed by atoms with van der Waals surface area (Å²) in [5, 5.41) is 6.92. The van der Waals surface area contributed by atoms with Crippen molar-refractivity contribution in [2.75, 3.05) is 0 Å². The van der Waals surface area contributed by atoms with Crippen molar-refractivity contribution in [1.29, 1.82) is 0 Å². The van der Waals surface area contributed by atoms with Gasteiger partial charge in [0.25, 0.3) is 0 Å². The summed E-state index contributed by atoms with van der Waals surface area (Å²) in [6, 6.07) is 64.2. The van der Waals surface area contributed by atoms with E-state index in [1.54, 1.807) is 0 Å². The quantitative estimate of drug-likeness (QED) is 0.156. The SMILES string of the molecule is c1ccc(CN(Cc2ccccc2P(c2ccccc2)c2ccccc2)P(c2ccccc2)c2ccccc2)cc1. The molecule has 200 valence electrons. The van der Waals surface area contributed by atoms with E-state index in [0.717, 1.165) is 13.1 Å². The molecule has 3 heteroatoms. The molecular formula is C38H33NP2. The maximum absolute atomic E-state index is 2.71. The maximum Gasteiger partial charge on any atom is 0.0288 e. The molecule has 0 atom stereocenters. The lowest BCUT2D eigenvalue weighted by molar-refractivity contribution is 0.453. The zero-order valence-corrected chi connectivity index (χ0v) is 24.8. The van der Waals surface area contributed by atoms with Crippen LogP contribution in [0, 0.1) is 0 Å². The molecule has 0 aliphatic rings. The highest BCUT2D eigenvalue weighted by Crippen LogP contribution is 2.42. The van der Waals surface area contributed by atoms with Gasteiger partial charge in [-0.2, -0.15) is 0 Å². The van der Waals surface area contributed by atoms with E-state index in [1.807, 2.05) is 0 Å². The molecule has 6 aromatic rings. The van der Waals surface area contributed by atoms with E-state index >= 15 is 0 Å². The Morgan fingerprint density at radius 2 is 0.756 bits per heavy atom. The monoisotopic (exact) mass is 565 g/mol.